The van der Waals surface area contributed by atoms with Crippen molar-refractivity contribution in [2.24, 2.45) is 5.92 Å². The number of nitrogens with zero attached hydrogens (tertiary/aromatic N) is 1. The van der Waals surface area contributed by atoms with Crippen LogP contribution in [0.4, 0.5) is 0 Å². The van der Waals surface area contributed by atoms with E-state index >= 15 is 0 Å². The fraction of sp³-hybridized carbons (Fsp3) is 0.556. The van der Waals surface area contributed by atoms with E-state index < -0.39 is 5.97 Å². The van der Waals surface area contributed by atoms with Gasteiger partial charge in [0.15, 0.2) is 0 Å². The smallest absolute Gasteiger partial charge is 0.303 e. The highest BCUT2D eigenvalue weighted by molar-refractivity contribution is 5.76. The zero-order chi connectivity index (χ0) is 16.7. The first-order chi connectivity index (χ1) is 11.1. The minimum absolute atomic E-state index is 0.167. The van der Waals surface area contributed by atoms with Crippen molar-refractivity contribution in [1.29, 1.82) is 0 Å². The lowest BCUT2D eigenvalue weighted by Crippen LogP contribution is -2.40. The van der Waals surface area contributed by atoms with Gasteiger partial charge in [-0.25, -0.2) is 0 Å². The van der Waals surface area contributed by atoms with Gasteiger partial charge >= 0.3 is 5.97 Å². The van der Waals surface area contributed by atoms with Crippen LogP contribution >= 0.6 is 0 Å². The van der Waals surface area contributed by atoms with E-state index in [0.29, 0.717) is 25.3 Å². The van der Waals surface area contributed by atoms with Crippen molar-refractivity contribution in [3.8, 4) is 5.75 Å². The number of rotatable bonds is 7. The first-order valence-electron chi connectivity index (χ1n) is 8.21. The van der Waals surface area contributed by atoms with E-state index in [1.807, 2.05) is 29.2 Å². The number of carboxylic acid groups (broad SMARTS) is 1. The van der Waals surface area contributed by atoms with Crippen LogP contribution in [0.25, 0.3) is 0 Å². The van der Waals surface area contributed by atoms with Gasteiger partial charge in [-0.3, -0.25) is 9.59 Å². The number of aryl methyl sites for hydroxylation is 1. The topological polar surface area (TPSA) is 66.8 Å². The molecule has 1 N–H and O–H groups in total. The third kappa shape index (κ3) is 5.58. The molecule has 1 fully saturated rings. The van der Waals surface area contributed by atoms with Gasteiger partial charge in [-0.15, -0.1) is 0 Å². The summed E-state index contributed by atoms with van der Waals surface area (Å²) in [6.45, 7) is 1.50. The van der Waals surface area contributed by atoms with Crippen molar-refractivity contribution in [3.05, 3.63) is 29.8 Å². The minimum atomic E-state index is -0.757. The second kappa shape index (κ2) is 8.56. The lowest BCUT2D eigenvalue weighted by Gasteiger charge is -2.32. The van der Waals surface area contributed by atoms with Gasteiger partial charge in [0.2, 0.25) is 5.91 Å². The maximum atomic E-state index is 12.4. The molecule has 1 heterocycles. The molecule has 1 aliphatic rings. The van der Waals surface area contributed by atoms with E-state index in [1.165, 1.54) is 0 Å². The zero-order valence-corrected chi connectivity index (χ0v) is 13.7. The van der Waals surface area contributed by atoms with E-state index in [-0.39, 0.29) is 12.3 Å². The molecule has 5 nitrogen and oxygen atoms in total. The Morgan fingerprint density at radius 2 is 2.00 bits per heavy atom. The molecular formula is C18H25NO4. The van der Waals surface area contributed by atoms with Crippen molar-refractivity contribution in [1.82, 2.24) is 4.90 Å². The lowest BCUT2D eigenvalue weighted by molar-refractivity contribution is -0.137. The predicted octanol–water partition coefficient (Wildman–Crippen LogP) is 2.73. The molecule has 5 heteroatoms. The first-order valence-corrected chi connectivity index (χ1v) is 8.21. The summed E-state index contributed by atoms with van der Waals surface area (Å²) >= 11 is 0. The van der Waals surface area contributed by atoms with Gasteiger partial charge in [-0.1, -0.05) is 12.1 Å². The second-order valence-electron chi connectivity index (χ2n) is 6.13. The molecule has 1 aliphatic heterocycles. The monoisotopic (exact) mass is 319 g/mol. The average molecular weight is 319 g/mol. The van der Waals surface area contributed by atoms with Gasteiger partial charge in [0.1, 0.15) is 5.75 Å². The average Bonchev–Trinajstić information content (AvgIpc) is 2.58. The number of aliphatic carboxylic acids is 1. The largest absolute Gasteiger partial charge is 0.497 e. The first kappa shape index (κ1) is 17.3. The molecule has 0 radical (unpaired) electrons. The molecule has 0 aliphatic carbocycles. The van der Waals surface area contributed by atoms with Crippen LogP contribution in [0.2, 0.25) is 0 Å². The molecule has 1 aromatic carbocycles. The fourth-order valence-electron chi connectivity index (χ4n) is 3.06. The summed E-state index contributed by atoms with van der Waals surface area (Å²) in [5, 5.41) is 8.78. The number of methoxy groups -OCH3 is 1. The number of benzene rings is 1. The number of carboxylic acids is 1. The Morgan fingerprint density at radius 3 is 2.65 bits per heavy atom. The quantitative estimate of drug-likeness (QED) is 0.839. The summed E-state index contributed by atoms with van der Waals surface area (Å²) in [5.74, 6) is 0.552. The molecule has 23 heavy (non-hydrogen) atoms. The molecule has 0 bridgehead atoms. The number of likely N-dealkylation sites (tertiary alicyclic amines) is 1. The summed E-state index contributed by atoms with van der Waals surface area (Å²) in [6.07, 6.45) is 4.07. The molecular weight excluding hydrogens is 294 g/mol. The standard InChI is InChI=1S/C18H25NO4/c1-23-16-8-4-14(5-9-16)6-10-17(20)19-12-2-3-15(13-19)7-11-18(21)22/h4-5,8-9,15H,2-3,6-7,10-13H2,1H3,(H,21,22). The van der Waals surface area contributed by atoms with Gasteiger partial charge in [0.05, 0.1) is 7.11 Å². The molecule has 1 unspecified atom stereocenters. The molecule has 1 atom stereocenters. The minimum Gasteiger partial charge on any atom is -0.497 e. The molecule has 1 amide bonds. The molecule has 0 spiro atoms. The molecule has 0 saturated carbocycles. The number of carbonyl (C=O) groups excluding carboxylic acids is 1. The Bertz CT molecular complexity index is 526. The Morgan fingerprint density at radius 1 is 1.26 bits per heavy atom. The highest BCUT2D eigenvalue weighted by Gasteiger charge is 2.23. The Hall–Kier alpha value is -2.04. The second-order valence-corrected chi connectivity index (χ2v) is 6.13. The molecule has 1 saturated heterocycles. The lowest BCUT2D eigenvalue weighted by atomic mass is 9.93. The summed E-state index contributed by atoms with van der Waals surface area (Å²) in [7, 11) is 1.63. The predicted molar refractivity (Wildman–Crippen MR) is 87.5 cm³/mol. The van der Waals surface area contributed by atoms with Gasteiger partial charge < -0.3 is 14.7 Å². The van der Waals surface area contributed by atoms with E-state index in [9.17, 15) is 9.59 Å². The maximum Gasteiger partial charge on any atom is 0.303 e. The van der Waals surface area contributed by atoms with E-state index in [4.69, 9.17) is 9.84 Å². The van der Waals surface area contributed by atoms with Crippen LogP contribution in [0, 0.1) is 5.92 Å². The van der Waals surface area contributed by atoms with Gasteiger partial charge in [0, 0.05) is 25.9 Å². The zero-order valence-electron chi connectivity index (χ0n) is 13.7. The summed E-state index contributed by atoms with van der Waals surface area (Å²) in [5.41, 5.74) is 1.12. The number of piperidine rings is 1. The number of ether oxygens (including phenoxy) is 1. The summed E-state index contributed by atoms with van der Waals surface area (Å²) in [6, 6.07) is 7.78. The van der Waals surface area contributed by atoms with E-state index in [0.717, 1.165) is 37.1 Å². The van der Waals surface area contributed by atoms with Crippen LogP contribution in [-0.2, 0) is 16.0 Å². The summed E-state index contributed by atoms with van der Waals surface area (Å²) in [4.78, 5) is 24.9. The van der Waals surface area contributed by atoms with Crippen LogP contribution in [0.5, 0.6) is 5.75 Å². The number of carbonyl (C=O) groups is 2. The highest BCUT2D eigenvalue weighted by atomic mass is 16.5. The van der Waals surface area contributed by atoms with Crippen LogP contribution in [0.1, 0.15) is 37.7 Å². The van der Waals surface area contributed by atoms with Gasteiger partial charge in [0.25, 0.3) is 0 Å². The van der Waals surface area contributed by atoms with E-state index in [1.54, 1.807) is 7.11 Å². The van der Waals surface area contributed by atoms with Crippen molar-refractivity contribution in [2.75, 3.05) is 20.2 Å². The molecule has 2 rings (SSSR count). The van der Waals surface area contributed by atoms with Crippen LogP contribution in [0.15, 0.2) is 24.3 Å². The van der Waals surface area contributed by atoms with E-state index in [2.05, 4.69) is 0 Å². The Kier molecular flexibility index (Phi) is 6.44. The maximum absolute atomic E-state index is 12.4. The number of hydrogen-bond acceptors (Lipinski definition) is 3. The van der Waals surface area contributed by atoms with Crippen molar-refractivity contribution < 1.29 is 19.4 Å². The van der Waals surface area contributed by atoms with Gasteiger partial charge in [-0.2, -0.15) is 0 Å². The van der Waals surface area contributed by atoms with Gasteiger partial charge in [-0.05, 0) is 49.3 Å². The normalized spacial score (nSPS) is 17.8. The Balaban J connectivity index is 1.78. The third-order valence-electron chi connectivity index (χ3n) is 4.42. The number of hydrogen-bond donors (Lipinski definition) is 1. The molecule has 126 valence electrons. The number of amides is 1. The van der Waals surface area contributed by atoms with Crippen LogP contribution < -0.4 is 4.74 Å². The Labute approximate surface area is 137 Å². The molecule has 0 aromatic heterocycles. The highest BCUT2D eigenvalue weighted by Crippen LogP contribution is 2.22. The molecule has 1 aromatic rings. The van der Waals surface area contributed by atoms with Crippen molar-refractivity contribution in [2.45, 2.75) is 38.5 Å². The van der Waals surface area contributed by atoms with Crippen LogP contribution in [0.3, 0.4) is 0 Å². The van der Waals surface area contributed by atoms with Crippen molar-refractivity contribution >= 4 is 11.9 Å². The third-order valence-corrected chi connectivity index (χ3v) is 4.42. The fourth-order valence-corrected chi connectivity index (χ4v) is 3.06. The van der Waals surface area contributed by atoms with Crippen LogP contribution in [-0.4, -0.2) is 42.1 Å². The van der Waals surface area contributed by atoms with Crippen molar-refractivity contribution in [3.63, 3.8) is 0 Å². The SMILES string of the molecule is COc1ccc(CCC(=O)N2CCCC(CCC(=O)O)C2)cc1. The summed E-state index contributed by atoms with van der Waals surface area (Å²) < 4.78 is 5.12.